The SMILES string of the molecule is CC(CCOc1ccccc1)C(=O)NCCCN. The zero-order valence-electron chi connectivity index (χ0n) is 10.9. The van der Waals surface area contributed by atoms with Crippen molar-refractivity contribution < 1.29 is 9.53 Å². The highest BCUT2D eigenvalue weighted by atomic mass is 16.5. The zero-order valence-corrected chi connectivity index (χ0v) is 10.9. The molecule has 0 saturated carbocycles. The van der Waals surface area contributed by atoms with Crippen molar-refractivity contribution in [1.29, 1.82) is 0 Å². The van der Waals surface area contributed by atoms with E-state index in [0.717, 1.165) is 12.2 Å². The van der Waals surface area contributed by atoms with Gasteiger partial charge in [0.05, 0.1) is 6.61 Å². The van der Waals surface area contributed by atoms with Crippen LogP contribution in [0, 0.1) is 5.92 Å². The quantitative estimate of drug-likeness (QED) is 0.688. The van der Waals surface area contributed by atoms with Crippen molar-refractivity contribution in [2.45, 2.75) is 19.8 Å². The Morgan fingerprint density at radius 2 is 2.11 bits per heavy atom. The maximum atomic E-state index is 11.7. The van der Waals surface area contributed by atoms with Gasteiger partial charge in [-0.3, -0.25) is 4.79 Å². The first kappa shape index (κ1) is 14.5. The number of carbonyl (C=O) groups is 1. The van der Waals surface area contributed by atoms with E-state index in [1.165, 1.54) is 0 Å². The molecule has 0 aliphatic heterocycles. The van der Waals surface area contributed by atoms with E-state index in [0.29, 0.717) is 26.1 Å². The van der Waals surface area contributed by atoms with E-state index in [2.05, 4.69) is 5.32 Å². The number of amides is 1. The molecule has 1 amide bonds. The molecule has 0 aromatic heterocycles. The van der Waals surface area contributed by atoms with E-state index in [1.807, 2.05) is 37.3 Å². The number of carbonyl (C=O) groups excluding carboxylic acids is 1. The van der Waals surface area contributed by atoms with Gasteiger partial charge in [0.1, 0.15) is 5.75 Å². The van der Waals surface area contributed by atoms with Gasteiger partial charge < -0.3 is 15.8 Å². The number of ether oxygens (including phenoxy) is 1. The Balaban J connectivity index is 2.16. The second-order valence-corrected chi connectivity index (χ2v) is 4.28. The van der Waals surface area contributed by atoms with E-state index in [4.69, 9.17) is 10.5 Å². The molecule has 0 saturated heterocycles. The lowest BCUT2D eigenvalue weighted by atomic mass is 10.1. The van der Waals surface area contributed by atoms with Crippen LogP contribution >= 0.6 is 0 Å². The molecule has 0 heterocycles. The first-order valence-corrected chi connectivity index (χ1v) is 6.39. The van der Waals surface area contributed by atoms with Gasteiger partial charge in [-0.1, -0.05) is 25.1 Å². The van der Waals surface area contributed by atoms with Crippen LogP contribution in [0.4, 0.5) is 0 Å². The summed E-state index contributed by atoms with van der Waals surface area (Å²) in [5.74, 6) is 0.875. The Bertz CT molecular complexity index is 341. The van der Waals surface area contributed by atoms with Crippen LogP contribution in [0.1, 0.15) is 19.8 Å². The van der Waals surface area contributed by atoms with E-state index in [9.17, 15) is 4.79 Å². The summed E-state index contributed by atoms with van der Waals surface area (Å²) in [4.78, 5) is 11.7. The minimum absolute atomic E-state index is 0.0357. The Hall–Kier alpha value is -1.55. The molecule has 100 valence electrons. The summed E-state index contributed by atoms with van der Waals surface area (Å²) in [7, 11) is 0. The average molecular weight is 250 g/mol. The predicted molar refractivity (Wildman–Crippen MR) is 72.4 cm³/mol. The van der Waals surface area contributed by atoms with Crippen LogP contribution in [0.15, 0.2) is 30.3 Å². The molecule has 1 aromatic rings. The Labute approximate surface area is 109 Å². The molecular formula is C14H22N2O2. The van der Waals surface area contributed by atoms with E-state index < -0.39 is 0 Å². The molecule has 0 aliphatic rings. The maximum Gasteiger partial charge on any atom is 0.222 e. The van der Waals surface area contributed by atoms with Gasteiger partial charge in [0.15, 0.2) is 0 Å². The van der Waals surface area contributed by atoms with Crippen molar-refractivity contribution in [3.05, 3.63) is 30.3 Å². The van der Waals surface area contributed by atoms with Crippen molar-refractivity contribution in [3.8, 4) is 5.75 Å². The van der Waals surface area contributed by atoms with Crippen molar-refractivity contribution in [3.63, 3.8) is 0 Å². The van der Waals surface area contributed by atoms with Gasteiger partial charge in [-0.2, -0.15) is 0 Å². The lowest BCUT2D eigenvalue weighted by molar-refractivity contribution is -0.124. The second kappa shape index (κ2) is 8.53. The van der Waals surface area contributed by atoms with Gasteiger partial charge >= 0.3 is 0 Å². The van der Waals surface area contributed by atoms with Crippen LogP contribution in [-0.4, -0.2) is 25.6 Å². The minimum atomic E-state index is -0.0357. The van der Waals surface area contributed by atoms with Crippen LogP contribution < -0.4 is 15.8 Å². The topological polar surface area (TPSA) is 64.3 Å². The Kier molecular flexibility index (Phi) is 6.87. The molecule has 0 fully saturated rings. The van der Waals surface area contributed by atoms with Crippen LogP contribution in [0.5, 0.6) is 5.75 Å². The fraction of sp³-hybridized carbons (Fsp3) is 0.500. The number of nitrogens with two attached hydrogens (primary N) is 1. The zero-order chi connectivity index (χ0) is 13.2. The highest BCUT2D eigenvalue weighted by molar-refractivity contribution is 5.78. The van der Waals surface area contributed by atoms with E-state index in [1.54, 1.807) is 0 Å². The Morgan fingerprint density at radius 3 is 2.78 bits per heavy atom. The van der Waals surface area contributed by atoms with E-state index in [-0.39, 0.29) is 11.8 Å². The molecule has 1 unspecified atom stereocenters. The lowest BCUT2D eigenvalue weighted by Crippen LogP contribution is -2.31. The monoisotopic (exact) mass is 250 g/mol. The fourth-order valence-corrected chi connectivity index (χ4v) is 1.49. The fourth-order valence-electron chi connectivity index (χ4n) is 1.49. The normalized spacial score (nSPS) is 11.9. The molecule has 1 atom stereocenters. The van der Waals surface area contributed by atoms with Crippen molar-refractivity contribution >= 4 is 5.91 Å². The molecule has 1 rings (SSSR count). The maximum absolute atomic E-state index is 11.7. The van der Waals surface area contributed by atoms with E-state index >= 15 is 0 Å². The van der Waals surface area contributed by atoms with Crippen LogP contribution in [0.25, 0.3) is 0 Å². The summed E-state index contributed by atoms with van der Waals surface area (Å²) in [6.45, 7) is 3.71. The summed E-state index contributed by atoms with van der Waals surface area (Å²) >= 11 is 0. The predicted octanol–water partition coefficient (Wildman–Crippen LogP) is 1.56. The molecule has 4 heteroatoms. The summed E-state index contributed by atoms with van der Waals surface area (Å²) in [5.41, 5.74) is 5.36. The molecule has 4 nitrogen and oxygen atoms in total. The number of nitrogens with one attached hydrogen (secondary N) is 1. The Morgan fingerprint density at radius 1 is 1.39 bits per heavy atom. The van der Waals surface area contributed by atoms with Gasteiger partial charge in [0, 0.05) is 12.5 Å². The largest absolute Gasteiger partial charge is 0.494 e. The standard InChI is InChI=1S/C14H22N2O2/c1-12(14(17)16-10-5-9-15)8-11-18-13-6-3-2-4-7-13/h2-4,6-7,12H,5,8-11,15H2,1H3,(H,16,17). The second-order valence-electron chi connectivity index (χ2n) is 4.28. The van der Waals surface area contributed by atoms with Gasteiger partial charge in [-0.25, -0.2) is 0 Å². The van der Waals surface area contributed by atoms with Gasteiger partial charge in [-0.05, 0) is 31.5 Å². The first-order chi connectivity index (χ1) is 8.74. The number of hydrogen-bond donors (Lipinski definition) is 2. The third-order valence-electron chi connectivity index (χ3n) is 2.69. The highest BCUT2D eigenvalue weighted by Crippen LogP contribution is 2.10. The number of benzene rings is 1. The van der Waals surface area contributed by atoms with Crippen molar-refractivity contribution in [2.75, 3.05) is 19.7 Å². The third kappa shape index (κ3) is 5.68. The molecule has 0 radical (unpaired) electrons. The van der Waals surface area contributed by atoms with Gasteiger partial charge in [0.2, 0.25) is 5.91 Å². The average Bonchev–Trinajstić information content (AvgIpc) is 2.40. The summed E-state index contributed by atoms with van der Waals surface area (Å²) in [6, 6.07) is 9.62. The van der Waals surface area contributed by atoms with Gasteiger partial charge in [-0.15, -0.1) is 0 Å². The third-order valence-corrected chi connectivity index (χ3v) is 2.69. The lowest BCUT2D eigenvalue weighted by Gasteiger charge is -2.12. The molecule has 0 bridgehead atoms. The number of rotatable bonds is 8. The summed E-state index contributed by atoms with van der Waals surface area (Å²) in [5, 5.41) is 2.86. The van der Waals surface area contributed by atoms with Crippen molar-refractivity contribution in [1.82, 2.24) is 5.32 Å². The minimum Gasteiger partial charge on any atom is -0.494 e. The van der Waals surface area contributed by atoms with Crippen molar-refractivity contribution in [2.24, 2.45) is 11.7 Å². The molecule has 18 heavy (non-hydrogen) atoms. The molecular weight excluding hydrogens is 228 g/mol. The smallest absolute Gasteiger partial charge is 0.222 e. The van der Waals surface area contributed by atoms with Gasteiger partial charge in [0.25, 0.3) is 0 Å². The number of para-hydroxylation sites is 1. The summed E-state index contributed by atoms with van der Waals surface area (Å²) in [6.07, 6.45) is 1.53. The molecule has 3 N–H and O–H groups in total. The number of hydrogen-bond acceptors (Lipinski definition) is 3. The van der Waals surface area contributed by atoms with Crippen LogP contribution in [-0.2, 0) is 4.79 Å². The molecule has 1 aromatic carbocycles. The van der Waals surface area contributed by atoms with Crippen LogP contribution in [0.2, 0.25) is 0 Å². The summed E-state index contributed by atoms with van der Waals surface area (Å²) < 4.78 is 5.55. The highest BCUT2D eigenvalue weighted by Gasteiger charge is 2.11. The van der Waals surface area contributed by atoms with Crippen LogP contribution in [0.3, 0.4) is 0 Å². The first-order valence-electron chi connectivity index (χ1n) is 6.39. The molecule has 0 spiro atoms. The molecule has 0 aliphatic carbocycles.